The Labute approximate surface area is 223 Å². The number of nitrogens with zero attached hydrogens (tertiary/aromatic N) is 4. The minimum absolute atomic E-state index is 0.186. The number of Topliss-reactive ketones (excluding diaryl/α,β-unsaturated/α-hetero) is 1. The minimum Gasteiger partial charge on any atom is -0.298 e. The van der Waals surface area contributed by atoms with Crippen LogP contribution in [0.2, 0.25) is 0 Å². The van der Waals surface area contributed by atoms with Gasteiger partial charge in [-0.15, -0.1) is 0 Å². The van der Waals surface area contributed by atoms with Crippen molar-refractivity contribution < 1.29 is 13.8 Å². The van der Waals surface area contributed by atoms with Crippen LogP contribution in [0.5, 0.6) is 0 Å². The summed E-state index contributed by atoms with van der Waals surface area (Å²) in [5.41, 5.74) is 6.29. The van der Waals surface area contributed by atoms with Crippen LogP contribution in [0.1, 0.15) is 67.4 Å². The van der Waals surface area contributed by atoms with Gasteiger partial charge in [-0.3, -0.25) is 14.7 Å². The Kier molecular flexibility index (Phi) is 6.60. The number of hydrogen-bond acceptors (Lipinski definition) is 3. The number of carbonyl (C=O) groups is 1. The number of imidazole rings is 1. The predicted molar refractivity (Wildman–Crippen MR) is 148 cm³/mol. The minimum atomic E-state index is -0.223. The molecule has 0 atom stereocenters. The molecule has 2 saturated heterocycles. The smallest absolute Gasteiger partial charge is 0.286 e. The summed E-state index contributed by atoms with van der Waals surface area (Å²) in [6.45, 7) is 4.28. The van der Waals surface area contributed by atoms with Gasteiger partial charge in [0.25, 0.3) is 5.65 Å². The molecule has 0 unspecified atom stereocenters. The Morgan fingerprint density at radius 3 is 2.66 bits per heavy atom. The van der Waals surface area contributed by atoms with Gasteiger partial charge in [0.1, 0.15) is 18.2 Å². The molecule has 4 aromatic rings. The standard InChI is InChI=1S/C32H36FN4O/c1-23-20-24(10-12-27(23)33)31-26(8-5-17-34-31)25-11-13-30-35(2)22-28(37(30)21-25)29(38)9-3-4-14-32-15-6-18-36(32)19-7-16-32/h5,8,10-13,17,20-22H,3-4,6-7,9,14-16,18-19H2,1-2H3/q+1. The molecular weight excluding hydrogens is 475 g/mol. The number of aromatic nitrogens is 3. The molecule has 2 aliphatic rings. The van der Waals surface area contributed by atoms with Gasteiger partial charge in [-0.1, -0.05) is 12.5 Å². The number of rotatable bonds is 8. The van der Waals surface area contributed by atoms with Gasteiger partial charge in [-0.25, -0.2) is 8.96 Å². The lowest BCUT2D eigenvalue weighted by Crippen LogP contribution is -2.37. The molecule has 3 aromatic heterocycles. The van der Waals surface area contributed by atoms with Gasteiger partial charge in [0.2, 0.25) is 11.5 Å². The van der Waals surface area contributed by atoms with Crippen LogP contribution >= 0.6 is 0 Å². The van der Waals surface area contributed by atoms with E-state index in [9.17, 15) is 9.18 Å². The van der Waals surface area contributed by atoms with Gasteiger partial charge in [0, 0.05) is 40.9 Å². The number of halogens is 1. The second-order valence-corrected chi connectivity index (χ2v) is 11.2. The number of fused-ring (bicyclic) bond motifs is 2. The van der Waals surface area contributed by atoms with Crippen molar-refractivity contribution >= 4 is 11.4 Å². The lowest BCUT2D eigenvalue weighted by Gasteiger charge is -2.32. The predicted octanol–water partition coefficient (Wildman–Crippen LogP) is 6.31. The van der Waals surface area contributed by atoms with Crippen LogP contribution in [0.4, 0.5) is 4.39 Å². The Hall–Kier alpha value is -3.38. The van der Waals surface area contributed by atoms with Crippen LogP contribution in [0.15, 0.2) is 61.1 Å². The van der Waals surface area contributed by atoms with Crippen LogP contribution < -0.4 is 4.57 Å². The Balaban J connectivity index is 1.24. The van der Waals surface area contributed by atoms with E-state index in [1.54, 1.807) is 19.2 Å². The molecule has 0 N–H and O–H groups in total. The van der Waals surface area contributed by atoms with Gasteiger partial charge >= 0.3 is 0 Å². The van der Waals surface area contributed by atoms with Crippen molar-refractivity contribution in [3.8, 4) is 22.4 Å². The average molecular weight is 512 g/mol. The highest BCUT2D eigenvalue weighted by atomic mass is 19.1. The molecule has 196 valence electrons. The van der Waals surface area contributed by atoms with E-state index >= 15 is 0 Å². The molecule has 0 saturated carbocycles. The number of benzene rings is 1. The van der Waals surface area contributed by atoms with Crippen molar-refractivity contribution in [2.45, 2.75) is 63.8 Å². The number of carbonyl (C=O) groups excluding carboxylic acids is 1. The Morgan fingerprint density at radius 2 is 1.87 bits per heavy atom. The van der Waals surface area contributed by atoms with E-state index in [1.165, 1.54) is 51.3 Å². The fourth-order valence-corrected chi connectivity index (χ4v) is 6.81. The lowest BCUT2D eigenvalue weighted by molar-refractivity contribution is -0.644. The maximum Gasteiger partial charge on any atom is 0.286 e. The molecule has 6 rings (SSSR count). The zero-order valence-corrected chi connectivity index (χ0v) is 22.4. The van der Waals surface area contributed by atoms with Gasteiger partial charge in [0.05, 0.1) is 12.7 Å². The first kappa shape index (κ1) is 24.9. The number of ketones is 1. The molecule has 0 bridgehead atoms. The second kappa shape index (κ2) is 10.1. The molecule has 2 aliphatic heterocycles. The van der Waals surface area contributed by atoms with Crippen LogP contribution in [0, 0.1) is 12.7 Å². The summed E-state index contributed by atoms with van der Waals surface area (Å²) in [7, 11) is 1.98. The van der Waals surface area contributed by atoms with E-state index < -0.39 is 0 Å². The van der Waals surface area contributed by atoms with Crippen LogP contribution in [-0.4, -0.2) is 38.7 Å². The highest BCUT2D eigenvalue weighted by molar-refractivity contribution is 5.95. The van der Waals surface area contributed by atoms with E-state index in [1.807, 2.05) is 52.7 Å². The summed E-state index contributed by atoms with van der Waals surface area (Å²) >= 11 is 0. The molecule has 2 fully saturated rings. The van der Waals surface area contributed by atoms with Crippen LogP contribution in [0.25, 0.3) is 28.0 Å². The molecule has 0 spiro atoms. The largest absolute Gasteiger partial charge is 0.298 e. The molecule has 6 heteroatoms. The fourth-order valence-electron chi connectivity index (χ4n) is 6.81. The summed E-state index contributed by atoms with van der Waals surface area (Å²) in [5, 5.41) is 0. The van der Waals surface area contributed by atoms with Crippen molar-refractivity contribution in [2.75, 3.05) is 13.1 Å². The molecule has 0 radical (unpaired) electrons. The van der Waals surface area contributed by atoms with Crippen molar-refractivity contribution in [1.29, 1.82) is 0 Å². The summed E-state index contributed by atoms with van der Waals surface area (Å²) in [5.74, 6) is -0.0374. The molecular formula is C32H36FN4O+. The molecule has 5 nitrogen and oxygen atoms in total. The Bertz CT molecular complexity index is 1500. The fraction of sp³-hybridized carbons (Fsp3) is 0.406. The molecule has 1 aromatic carbocycles. The maximum absolute atomic E-state index is 13.9. The quantitative estimate of drug-likeness (QED) is 0.158. The lowest BCUT2D eigenvalue weighted by atomic mass is 9.88. The molecule has 0 aliphatic carbocycles. The third-order valence-corrected chi connectivity index (χ3v) is 8.81. The third kappa shape index (κ3) is 4.45. The monoisotopic (exact) mass is 511 g/mol. The first-order valence-corrected chi connectivity index (χ1v) is 14.0. The first-order chi connectivity index (χ1) is 18.4. The van der Waals surface area contributed by atoms with E-state index in [-0.39, 0.29) is 11.6 Å². The van der Waals surface area contributed by atoms with Crippen molar-refractivity contribution in [3.63, 3.8) is 0 Å². The third-order valence-electron chi connectivity index (χ3n) is 8.81. The summed E-state index contributed by atoms with van der Waals surface area (Å²) in [6, 6.07) is 13.2. The molecule has 5 heterocycles. The first-order valence-electron chi connectivity index (χ1n) is 14.0. The number of hydrogen-bond donors (Lipinski definition) is 0. The molecule has 0 amide bonds. The number of aryl methyl sites for hydroxylation is 2. The van der Waals surface area contributed by atoms with E-state index in [4.69, 9.17) is 0 Å². The van der Waals surface area contributed by atoms with E-state index in [0.717, 1.165) is 40.9 Å². The van der Waals surface area contributed by atoms with Gasteiger partial charge in [-0.2, -0.15) is 4.40 Å². The van der Waals surface area contributed by atoms with Gasteiger partial charge < -0.3 is 0 Å². The van der Waals surface area contributed by atoms with Crippen molar-refractivity contribution in [3.05, 3.63) is 78.1 Å². The highest BCUT2D eigenvalue weighted by Gasteiger charge is 2.43. The maximum atomic E-state index is 13.9. The zero-order valence-electron chi connectivity index (χ0n) is 22.4. The highest BCUT2D eigenvalue weighted by Crippen LogP contribution is 2.42. The van der Waals surface area contributed by atoms with Crippen LogP contribution in [0.3, 0.4) is 0 Å². The van der Waals surface area contributed by atoms with Crippen molar-refractivity contribution in [2.24, 2.45) is 7.05 Å². The van der Waals surface area contributed by atoms with E-state index in [2.05, 4.69) is 16.0 Å². The summed E-state index contributed by atoms with van der Waals surface area (Å²) in [6.07, 6.45) is 14.9. The summed E-state index contributed by atoms with van der Waals surface area (Å²) in [4.78, 5) is 20.7. The average Bonchev–Trinajstić information content (AvgIpc) is 3.60. The topological polar surface area (TPSA) is 41.5 Å². The number of pyridine rings is 2. The van der Waals surface area contributed by atoms with Gasteiger partial charge in [0.15, 0.2) is 0 Å². The second-order valence-electron chi connectivity index (χ2n) is 11.2. The zero-order chi connectivity index (χ0) is 26.3. The van der Waals surface area contributed by atoms with Crippen molar-refractivity contribution in [1.82, 2.24) is 14.3 Å². The normalized spacial score (nSPS) is 16.8. The Morgan fingerprint density at radius 1 is 1.08 bits per heavy atom. The van der Waals surface area contributed by atoms with E-state index in [0.29, 0.717) is 23.2 Å². The number of unbranched alkanes of at least 4 members (excludes halogenated alkanes) is 1. The molecule has 38 heavy (non-hydrogen) atoms. The SMILES string of the molecule is Cc1cc(-c2ncccc2-c2ccc3n(c2)c(C(=O)CCCCC24CCCN2CCC4)c[n+]3C)ccc1F. The summed E-state index contributed by atoms with van der Waals surface area (Å²) < 4.78 is 17.9. The van der Waals surface area contributed by atoms with Gasteiger partial charge in [-0.05, 0) is 94.4 Å². The van der Waals surface area contributed by atoms with Crippen LogP contribution in [-0.2, 0) is 7.05 Å².